The second-order valence-electron chi connectivity index (χ2n) is 8.36. The molecule has 0 radical (unpaired) electrons. The Labute approximate surface area is 173 Å². The molecule has 0 spiro atoms. The van der Waals surface area contributed by atoms with Gasteiger partial charge in [-0.15, -0.1) is 0 Å². The maximum Gasteiger partial charge on any atom is 0.416 e. The second-order valence-corrected chi connectivity index (χ2v) is 10.3. The maximum atomic E-state index is 13.0. The molecule has 30 heavy (non-hydrogen) atoms. The lowest BCUT2D eigenvalue weighted by Crippen LogP contribution is -2.43. The number of amides is 1. The maximum absolute atomic E-state index is 13.0. The number of rotatable bonds is 3. The zero-order valence-electron chi connectivity index (χ0n) is 16.5. The van der Waals surface area contributed by atoms with Gasteiger partial charge in [0.15, 0.2) is 9.84 Å². The van der Waals surface area contributed by atoms with Crippen LogP contribution in [-0.2, 0) is 32.1 Å². The van der Waals surface area contributed by atoms with Crippen LogP contribution < -0.4 is 5.32 Å². The summed E-state index contributed by atoms with van der Waals surface area (Å²) in [7, 11) is -3.86. The lowest BCUT2D eigenvalue weighted by Gasteiger charge is -2.31. The predicted molar refractivity (Wildman–Crippen MR) is 102 cm³/mol. The molecule has 6 nitrogen and oxygen atoms in total. The number of ether oxygens (including phenoxy) is 1. The molecule has 4 rings (SSSR count). The third-order valence-corrected chi connectivity index (χ3v) is 7.92. The fourth-order valence-electron chi connectivity index (χ4n) is 4.66. The highest BCUT2D eigenvalue weighted by molar-refractivity contribution is 7.91. The summed E-state index contributed by atoms with van der Waals surface area (Å²) in [6.45, 7) is 1.32. The van der Waals surface area contributed by atoms with Gasteiger partial charge in [-0.25, -0.2) is 8.42 Å². The Morgan fingerprint density at radius 1 is 1.10 bits per heavy atom. The minimum absolute atomic E-state index is 0.0271. The molecule has 2 fully saturated rings. The van der Waals surface area contributed by atoms with E-state index >= 15 is 0 Å². The van der Waals surface area contributed by atoms with Gasteiger partial charge >= 0.3 is 6.18 Å². The summed E-state index contributed by atoms with van der Waals surface area (Å²) in [5.41, 5.74) is -0.883. The van der Waals surface area contributed by atoms with Gasteiger partial charge in [0.05, 0.1) is 10.5 Å². The van der Waals surface area contributed by atoms with Crippen molar-refractivity contribution in [3.8, 4) is 0 Å². The number of benzene rings is 1. The van der Waals surface area contributed by atoms with Crippen molar-refractivity contribution in [1.29, 1.82) is 0 Å². The van der Waals surface area contributed by atoms with E-state index in [0.29, 0.717) is 18.9 Å². The first-order chi connectivity index (χ1) is 14.1. The molecule has 1 amide bonds. The van der Waals surface area contributed by atoms with Gasteiger partial charge in [-0.2, -0.15) is 13.2 Å². The molecule has 1 saturated heterocycles. The molecule has 10 heteroatoms. The van der Waals surface area contributed by atoms with Crippen molar-refractivity contribution in [3.05, 3.63) is 29.3 Å². The van der Waals surface area contributed by atoms with E-state index in [1.807, 2.05) is 0 Å². The third-order valence-electron chi connectivity index (χ3n) is 6.20. The number of nitrogens with zero attached hydrogens (tertiary/aromatic N) is 1. The summed E-state index contributed by atoms with van der Waals surface area (Å²) in [5, 5.41) is 3.57. The summed E-state index contributed by atoms with van der Waals surface area (Å²) in [6, 6.07) is 3.17. The molecule has 2 aliphatic heterocycles. The van der Waals surface area contributed by atoms with E-state index in [1.54, 1.807) is 0 Å². The Kier molecular flexibility index (Phi) is 5.84. The van der Waals surface area contributed by atoms with Crippen LogP contribution in [0.3, 0.4) is 0 Å². The summed E-state index contributed by atoms with van der Waals surface area (Å²) >= 11 is 0. The Morgan fingerprint density at radius 3 is 2.53 bits per heavy atom. The van der Waals surface area contributed by atoms with Crippen LogP contribution in [0.1, 0.15) is 43.2 Å². The van der Waals surface area contributed by atoms with Gasteiger partial charge in [0.1, 0.15) is 5.88 Å². The number of nitrogens with one attached hydrogen (secondary N) is 1. The van der Waals surface area contributed by atoms with Gasteiger partial charge in [-0.3, -0.25) is 4.79 Å². The van der Waals surface area contributed by atoms with Gasteiger partial charge in [-0.1, -0.05) is 0 Å². The van der Waals surface area contributed by atoms with Gasteiger partial charge in [-0.05, 0) is 55.9 Å². The number of hydrogen-bond acceptors (Lipinski definition) is 5. The largest absolute Gasteiger partial charge is 0.416 e. The van der Waals surface area contributed by atoms with Crippen molar-refractivity contribution >= 4 is 15.7 Å². The van der Waals surface area contributed by atoms with Crippen LogP contribution in [0.25, 0.3) is 0 Å². The van der Waals surface area contributed by atoms with E-state index in [1.165, 1.54) is 4.90 Å². The molecule has 1 aromatic carbocycles. The van der Waals surface area contributed by atoms with Crippen molar-refractivity contribution in [2.45, 2.75) is 61.8 Å². The first-order valence-corrected chi connectivity index (χ1v) is 11.8. The van der Waals surface area contributed by atoms with E-state index in [9.17, 15) is 26.4 Å². The molecule has 2 unspecified atom stereocenters. The lowest BCUT2D eigenvalue weighted by molar-refractivity contribution is -0.137. The topological polar surface area (TPSA) is 75.7 Å². The van der Waals surface area contributed by atoms with Gasteiger partial charge in [0.2, 0.25) is 5.91 Å². The number of hydrogen-bond donors (Lipinski definition) is 1. The molecular weight excluding hydrogens is 421 g/mol. The van der Waals surface area contributed by atoms with Crippen molar-refractivity contribution in [1.82, 2.24) is 10.2 Å². The monoisotopic (exact) mass is 446 g/mol. The van der Waals surface area contributed by atoms with E-state index in [4.69, 9.17) is 4.74 Å². The van der Waals surface area contributed by atoms with Crippen molar-refractivity contribution in [3.63, 3.8) is 0 Å². The fraction of sp³-hybridized carbons (Fsp3) is 0.650. The minimum Gasteiger partial charge on any atom is -0.381 e. The standard InChI is InChI=1S/C20H25F3N2O4S/c21-20(22,23)15-2-4-18-14(9-15)11-25(12-30(18,27)28)19(26)13-1-3-17(10-13)24-16-5-7-29-8-6-16/h2,4,9,13,16-17,24H,1,3,5-8,10-12H2. The highest BCUT2D eigenvalue weighted by atomic mass is 32.2. The smallest absolute Gasteiger partial charge is 0.381 e. The molecule has 3 aliphatic rings. The van der Waals surface area contributed by atoms with Crippen molar-refractivity contribution in [2.75, 3.05) is 19.1 Å². The van der Waals surface area contributed by atoms with Crippen molar-refractivity contribution < 1.29 is 31.1 Å². The zero-order valence-corrected chi connectivity index (χ0v) is 17.3. The quantitative estimate of drug-likeness (QED) is 0.773. The Bertz CT molecular complexity index is 913. The second kappa shape index (κ2) is 8.12. The van der Waals surface area contributed by atoms with Crippen LogP contribution in [0.5, 0.6) is 0 Å². The first kappa shape index (κ1) is 21.6. The van der Waals surface area contributed by atoms with E-state index in [-0.39, 0.29) is 34.9 Å². The molecule has 1 aromatic rings. The molecule has 1 aliphatic carbocycles. The van der Waals surface area contributed by atoms with E-state index in [0.717, 1.165) is 50.7 Å². The highest BCUT2D eigenvalue weighted by Gasteiger charge is 2.39. The van der Waals surface area contributed by atoms with Gasteiger partial charge in [0.25, 0.3) is 0 Å². The number of carbonyl (C=O) groups excluding carboxylic acids is 1. The minimum atomic E-state index is -4.57. The van der Waals surface area contributed by atoms with E-state index in [2.05, 4.69) is 5.32 Å². The first-order valence-electron chi connectivity index (χ1n) is 10.2. The Hall–Kier alpha value is -1.65. The van der Waals surface area contributed by atoms with Crippen LogP contribution in [0.4, 0.5) is 13.2 Å². The van der Waals surface area contributed by atoms with Gasteiger partial charge in [0, 0.05) is 37.8 Å². The summed E-state index contributed by atoms with van der Waals surface area (Å²) in [4.78, 5) is 14.1. The molecule has 2 atom stereocenters. The number of alkyl halides is 3. The van der Waals surface area contributed by atoms with Crippen LogP contribution in [-0.4, -0.2) is 50.4 Å². The summed E-state index contributed by atoms with van der Waals surface area (Å²) < 4.78 is 69.7. The highest BCUT2D eigenvalue weighted by Crippen LogP contribution is 2.36. The molecular formula is C20H25F3N2O4S. The van der Waals surface area contributed by atoms with Crippen LogP contribution in [0, 0.1) is 5.92 Å². The fourth-order valence-corrected chi connectivity index (χ4v) is 6.23. The molecule has 2 heterocycles. The number of fused-ring (bicyclic) bond motifs is 1. The van der Waals surface area contributed by atoms with Gasteiger partial charge < -0.3 is 15.0 Å². The summed E-state index contributed by atoms with van der Waals surface area (Å²) in [6.07, 6.45) is -0.633. The molecule has 0 aromatic heterocycles. The predicted octanol–water partition coefficient (Wildman–Crippen LogP) is 2.72. The number of sulfone groups is 1. The SMILES string of the molecule is O=C(C1CCC(NC2CCOCC2)C1)N1Cc2cc(C(F)(F)F)ccc2S(=O)(=O)C1. The van der Waals surface area contributed by atoms with Crippen LogP contribution in [0.15, 0.2) is 23.1 Å². The average Bonchev–Trinajstić information content (AvgIpc) is 3.15. The van der Waals surface area contributed by atoms with Crippen LogP contribution >= 0.6 is 0 Å². The molecule has 0 bridgehead atoms. The van der Waals surface area contributed by atoms with Crippen molar-refractivity contribution in [2.24, 2.45) is 5.92 Å². The van der Waals surface area contributed by atoms with Crippen LogP contribution in [0.2, 0.25) is 0 Å². The third kappa shape index (κ3) is 4.50. The van der Waals surface area contributed by atoms with E-state index < -0.39 is 27.5 Å². The Morgan fingerprint density at radius 2 is 1.83 bits per heavy atom. The molecule has 166 valence electrons. The summed E-state index contributed by atoms with van der Waals surface area (Å²) in [5.74, 6) is -1.10. The number of halogens is 3. The zero-order chi connectivity index (χ0) is 21.5. The lowest BCUT2D eigenvalue weighted by atomic mass is 10.0. The Balaban J connectivity index is 1.45. The molecule has 1 N–H and O–H groups in total. The average molecular weight is 446 g/mol. The number of carbonyl (C=O) groups is 1. The molecule has 1 saturated carbocycles. The normalized spacial score (nSPS) is 27.1.